The Kier molecular flexibility index (Phi) is 4.31. The molecule has 0 unspecified atom stereocenters. The number of rotatable bonds is 4. The molecule has 116 valence electrons. The van der Waals surface area contributed by atoms with Crippen molar-refractivity contribution in [1.29, 1.82) is 0 Å². The molecule has 0 saturated heterocycles. The lowest BCUT2D eigenvalue weighted by molar-refractivity contribution is 0.0820. The van der Waals surface area contributed by atoms with Gasteiger partial charge in [0, 0.05) is 21.8 Å². The van der Waals surface area contributed by atoms with E-state index in [2.05, 4.69) is 5.32 Å². The zero-order chi connectivity index (χ0) is 15.8. The summed E-state index contributed by atoms with van der Waals surface area (Å²) in [6.07, 6.45) is 3.66. The molecular formula is C14H17ClFNO3S. The van der Waals surface area contributed by atoms with E-state index < -0.39 is 25.7 Å². The van der Waals surface area contributed by atoms with Crippen LogP contribution in [0.15, 0.2) is 17.0 Å². The van der Waals surface area contributed by atoms with E-state index in [0.29, 0.717) is 0 Å². The monoisotopic (exact) mass is 333 g/mol. The molecule has 1 aromatic carbocycles. The summed E-state index contributed by atoms with van der Waals surface area (Å²) < 4.78 is 36.6. The van der Waals surface area contributed by atoms with Gasteiger partial charge in [-0.3, -0.25) is 4.79 Å². The minimum Gasteiger partial charge on any atom is -0.347 e. The van der Waals surface area contributed by atoms with Crippen molar-refractivity contribution in [2.45, 2.75) is 50.0 Å². The standard InChI is InChI=1S/C14H17ClFNO3S/c1-3-14(5-4-6-14)17-13(18)10-7-9(2)12(16)11(8-10)21(15,19)20/h7-8H,3-6H2,1-2H3,(H,17,18). The van der Waals surface area contributed by atoms with Gasteiger partial charge in [0.1, 0.15) is 10.7 Å². The SMILES string of the molecule is CCC1(NC(=O)c2cc(C)c(F)c(S(=O)(=O)Cl)c2)CCC1. The number of hydrogen-bond donors (Lipinski definition) is 1. The molecule has 0 bridgehead atoms. The molecule has 0 aromatic heterocycles. The van der Waals surface area contributed by atoms with Crippen LogP contribution in [-0.2, 0) is 9.05 Å². The Balaban J connectivity index is 2.36. The molecule has 1 aliphatic carbocycles. The number of benzene rings is 1. The molecular weight excluding hydrogens is 317 g/mol. The van der Waals surface area contributed by atoms with E-state index in [1.807, 2.05) is 6.92 Å². The zero-order valence-electron chi connectivity index (χ0n) is 11.9. The summed E-state index contributed by atoms with van der Waals surface area (Å²) in [5.74, 6) is -1.32. The molecule has 2 rings (SSSR count). The average molecular weight is 334 g/mol. The summed E-state index contributed by atoms with van der Waals surface area (Å²) in [5, 5.41) is 2.92. The molecule has 1 fully saturated rings. The largest absolute Gasteiger partial charge is 0.347 e. The lowest BCUT2D eigenvalue weighted by Crippen LogP contribution is -2.53. The Morgan fingerprint density at radius 1 is 1.43 bits per heavy atom. The number of halogens is 2. The van der Waals surface area contributed by atoms with Crippen LogP contribution in [0.2, 0.25) is 0 Å². The van der Waals surface area contributed by atoms with Crippen molar-refractivity contribution in [3.05, 3.63) is 29.1 Å². The van der Waals surface area contributed by atoms with Crippen molar-refractivity contribution < 1.29 is 17.6 Å². The van der Waals surface area contributed by atoms with Crippen LogP contribution < -0.4 is 5.32 Å². The molecule has 1 N–H and O–H groups in total. The highest BCUT2D eigenvalue weighted by molar-refractivity contribution is 8.13. The van der Waals surface area contributed by atoms with Crippen molar-refractivity contribution in [2.24, 2.45) is 0 Å². The molecule has 0 radical (unpaired) electrons. The first-order chi connectivity index (χ1) is 9.68. The molecule has 1 amide bonds. The predicted molar refractivity (Wildman–Crippen MR) is 78.5 cm³/mol. The molecule has 4 nitrogen and oxygen atoms in total. The summed E-state index contributed by atoms with van der Waals surface area (Å²) in [7, 11) is 0.976. The van der Waals surface area contributed by atoms with E-state index in [1.165, 1.54) is 13.0 Å². The van der Waals surface area contributed by atoms with Crippen LogP contribution >= 0.6 is 10.7 Å². The van der Waals surface area contributed by atoms with E-state index in [9.17, 15) is 17.6 Å². The quantitative estimate of drug-likeness (QED) is 0.861. The third-order valence-electron chi connectivity index (χ3n) is 4.11. The Bertz CT molecular complexity index is 678. The third kappa shape index (κ3) is 3.21. The second-order valence-corrected chi connectivity index (χ2v) is 8.02. The summed E-state index contributed by atoms with van der Waals surface area (Å²) in [6, 6.07) is 2.32. The number of amides is 1. The van der Waals surface area contributed by atoms with Crippen molar-refractivity contribution in [3.8, 4) is 0 Å². The summed E-state index contributed by atoms with van der Waals surface area (Å²) in [5.41, 5.74) is -0.0479. The minimum absolute atomic E-state index is 0.0704. The van der Waals surface area contributed by atoms with E-state index in [1.54, 1.807) is 0 Å². The number of carbonyl (C=O) groups is 1. The van der Waals surface area contributed by atoms with Gasteiger partial charge in [-0.2, -0.15) is 0 Å². The molecule has 21 heavy (non-hydrogen) atoms. The maximum Gasteiger partial charge on any atom is 0.264 e. The van der Waals surface area contributed by atoms with Crippen molar-refractivity contribution >= 4 is 25.6 Å². The van der Waals surface area contributed by atoms with Crippen LogP contribution in [0.3, 0.4) is 0 Å². The van der Waals surface area contributed by atoms with Gasteiger partial charge in [0.05, 0.1) is 0 Å². The van der Waals surface area contributed by atoms with Crippen LogP contribution in [0.1, 0.15) is 48.5 Å². The Morgan fingerprint density at radius 3 is 2.48 bits per heavy atom. The molecule has 0 spiro atoms. The van der Waals surface area contributed by atoms with Gasteiger partial charge in [-0.15, -0.1) is 0 Å². The van der Waals surface area contributed by atoms with E-state index in [-0.39, 0.29) is 16.7 Å². The van der Waals surface area contributed by atoms with E-state index >= 15 is 0 Å². The van der Waals surface area contributed by atoms with Crippen LogP contribution in [-0.4, -0.2) is 19.9 Å². The number of carbonyl (C=O) groups excluding carboxylic acids is 1. The van der Waals surface area contributed by atoms with Crippen molar-refractivity contribution in [2.75, 3.05) is 0 Å². The topological polar surface area (TPSA) is 63.2 Å². The Morgan fingerprint density at radius 2 is 2.05 bits per heavy atom. The van der Waals surface area contributed by atoms with Crippen LogP contribution in [0.25, 0.3) is 0 Å². The fourth-order valence-corrected chi connectivity index (χ4v) is 3.51. The van der Waals surface area contributed by atoms with Crippen molar-refractivity contribution in [1.82, 2.24) is 5.32 Å². The van der Waals surface area contributed by atoms with Crippen LogP contribution in [0, 0.1) is 12.7 Å². The maximum atomic E-state index is 13.8. The fraction of sp³-hybridized carbons (Fsp3) is 0.500. The highest BCUT2D eigenvalue weighted by Crippen LogP contribution is 2.35. The lowest BCUT2D eigenvalue weighted by Gasteiger charge is -2.42. The van der Waals surface area contributed by atoms with E-state index in [4.69, 9.17) is 10.7 Å². The number of nitrogens with one attached hydrogen (secondary N) is 1. The van der Waals surface area contributed by atoms with Gasteiger partial charge in [-0.1, -0.05) is 6.92 Å². The number of hydrogen-bond acceptors (Lipinski definition) is 3. The molecule has 0 heterocycles. The Labute approximate surface area is 128 Å². The molecule has 1 aromatic rings. The zero-order valence-corrected chi connectivity index (χ0v) is 13.4. The predicted octanol–water partition coefficient (Wildman–Crippen LogP) is 3.12. The first-order valence-electron chi connectivity index (χ1n) is 6.76. The number of aryl methyl sites for hydroxylation is 1. The Hall–Kier alpha value is -1.14. The van der Waals surface area contributed by atoms with Crippen molar-refractivity contribution in [3.63, 3.8) is 0 Å². The smallest absolute Gasteiger partial charge is 0.264 e. The molecule has 0 aliphatic heterocycles. The third-order valence-corrected chi connectivity index (χ3v) is 5.43. The molecule has 1 aliphatic rings. The normalized spacial score (nSPS) is 17.1. The van der Waals surface area contributed by atoms with Gasteiger partial charge in [0.2, 0.25) is 0 Å². The highest BCUT2D eigenvalue weighted by Gasteiger charge is 2.36. The summed E-state index contributed by atoms with van der Waals surface area (Å²) in [4.78, 5) is 11.6. The second-order valence-electron chi connectivity index (χ2n) is 5.48. The minimum atomic E-state index is -4.24. The highest BCUT2D eigenvalue weighted by atomic mass is 35.7. The molecule has 1 saturated carbocycles. The average Bonchev–Trinajstić information content (AvgIpc) is 2.35. The van der Waals surface area contributed by atoms with E-state index in [0.717, 1.165) is 31.7 Å². The van der Waals surface area contributed by atoms with Gasteiger partial charge >= 0.3 is 0 Å². The van der Waals surface area contributed by atoms with Gasteiger partial charge in [-0.05, 0) is 50.3 Å². The maximum absolute atomic E-state index is 13.8. The fourth-order valence-electron chi connectivity index (χ4n) is 2.53. The van der Waals surface area contributed by atoms with Gasteiger partial charge in [0.15, 0.2) is 0 Å². The van der Waals surface area contributed by atoms with Gasteiger partial charge in [-0.25, -0.2) is 12.8 Å². The summed E-state index contributed by atoms with van der Waals surface area (Å²) in [6.45, 7) is 3.39. The van der Waals surface area contributed by atoms with Crippen LogP contribution in [0.5, 0.6) is 0 Å². The molecule has 0 atom stereocenters. The first-order valence-corrected chi connectivity index (χ1v) is 9.07. The van der Waals surface area contributed by atoms with Gasteiger partial charge in [0.25, 0.3) is 15.0 Å². The molecule has 7 heteroatoms. The second kappa shape index (κ2) is 5.57. The lowest BCUT2D eigenvalue weighted by atomic mass is 9.74. The first kappa shape index (κ1) is 16.2. The van der Waals surface area contributed by atoms with Crippen LogP contribution in [0.4, 0.5) is 4.39 Å². The van der Waals surface area contributed by atoms with Gasteiger partial charge < -0.3 is 5.32 Å². The summed E-state index contributed by atoms with van der Waals surface area (Å²) >= 11 is 0.